The highest BCUT2D eigenvalue weighted by molar-refractivity contribution is 6.00. The number of phenols is 1. The summed E-state index contributed by atoms with van der Waals surface area (Å²) >= 11 is 0. The molecule has 4 heteroatoms. The molecule has 0 heterocycles. The van der Waals surface area contributed by atoms with Gasteiger partial charge < -0.3 is 10.8 Å². The molecule has 0 aromatic heterocycles. The molecule has 2 rings (SSSR count). The lowest BCUT2D eigenvalue weighted by molar-refractivity contribution is 0.483. The van der Waals surface area contributed by atoms with Crippen LogP contribution in [0.1, 0.15) is 0 Å². The van der Waals surface area contributed by atoms with Gasteiger partial charge in [0.15, 0.2) is 5.75 Å². The number of hydrogen-bond donors (Lipinski definition) is 2. The minimum Gasteiger partial charge on any atom is -0.505 e. The van der Waals surface area contributed by atoms with Gasteiger partial charge in [-0.3, -0.25) is 0 Å². The van der Waals surface area contributed by atoms with E-state index < -0.39 is 0 Å². The van der Waals surface area contributed by atoms with Crippen LogP contribution in [0.5, 0.6) is 5.75 Å². The van der Waals surface area contributed by atoms with Crippen LogP contribution in [0.15, 0.2) is 35.5 Å². The van der Waals surface area contributed by atoms with Gasteiger partial charge in [0.2, 0.25) is 0 Å². The van der Waals surface area contributed by atoms with E-state index in [9.17, 15) is 10.0 Å². The minimum absolute atomic E-state index is 0.00963. The molecular weight excluding hydrogens is 180 g/mol. The van der Waals surface area contributed by atoms with Crippen LogP contribution in [0.4, 0.5) is 11.4 Å². The molecule has 0 amide bonds. The first-order chi connectivity index (χ1) is 6.74. The lowest BCUT2D eigenvalue weighted by Gasteiger charge is -2.04. The highest BCUT2D eigenvalue weighted by Crippen LogP contribution is 2.37. The summed E-state index contributed by atoms with van der Waals surface area (Å²) in [7, 11) is 0. The first kappa shape index (κ1) is 8.50. The fourth-order valence-corrected chi connectivity index (χ4v) is 1.45. The van der Waals surface area contributed by atoms with Crippen molar-refractivity contribution in [2.24, 2.45) is 5.18 Å². The minimum atomic E-state index is -0.157. The molecule has 2 aromatic carbocycles. The van der Waals surface area contributed by atoms with E-state index >= 15 is 0 Å². The molecule has 0 aliphatic rings. The predicted octanol–water partition coefficient (Wildman–Crippen LogP) is 2.53. The van der Waals surface area contributed by atoms with Gasteiger partial charge in [0, 0.05) is 11.1 Å². The summed E-state index contributed by atoms with van der Waals surface area (Å²) in [6.45, 7) is 0. The van der Waals surface area contributed by atoms with E-state index in [0.717, 1.165) is 5.39 Å². The van der Waals surface area contributed by atoms with Gasteiger partial charge in [0.05, 0.1) is 0 Å². The van der Waals surface area contributed by atoms with Crippen LogP contribution in [0.2, 0.25) is 0 Å². The van der Waals surface area contributed by atoms with Crippen molar-refractivity contribution in [3.63, 3.8) is 0 Å². The van der Waals surface area contributed by atoms with Gasteiger partial charge in [-0.05, 0) is 22.7 Å². The molecule has 0 unspecified atom stereocenters. The van der Waals surface area contributed by atoms with Crippen LogP contribution >= 0.6 is 0 Å². The smallest absolute Gasteiger partial charge is 0.154 e. The summed E-state index contributed by atoms with van der Waals surface area (Å²) < 4.78 is 0. The Morgan fingerprint density at radius 2 is 2.00 bits per heavy atom. The summed E-state index contributed by atoms with van der Waals surface area (Å²) in [5.41, 5.74) is 6.12. The third kappa shape index (κ3) is 1.08. The van der Waals surface area contributed by atoms with E-state index in [0.29, 0.717) is 11.1 Å². The highest BCUT2D eigenvalue weighted by Gasteiger charge is 2.08. The topological polar surface area (TPSA) is 75.7 Å². The van der Waals surface area contributed by atoms with Crippen LogP contribution in [0.25, 0.3) is 10.8 Å². The Balaban J connectivity index is 2.93. The highest BCUT2D eigenvalue weighted by atomic mass is 16.3. The van der Waals surface area contributed by atoms with Crippen LogP contribution in [-0.2, 0) is 0 Å². The molecule has 0 bridgehead atoms. The van der Waals surface area contributed by atoms with Crippen molar-refractivity contribution < 1.29 is 5.11 Å². The number of aromatic hydroxyl groups is 1. The second kappa shape index (κ2) is 2.99. The quantitative estimate of drug-likeness (QED) is 0.533. The normalized spacial score (nSPS) is 10.3. The molecule has 4 nitrogen and oxygen atoms in total. The van der Waals surface area contributed by atoms with E-state index in [4.69, 9.17) is 5.73 Å². The molecule has 70 valence electrons. The van der Waals surface area contributed by atoms with Crippen LogP contribution < -0.4 is 5.73 Å². The number of nitrogens with two attached hydrogens (primary N) is 1. The second-order valence-electron chi connectivity index (χ2n) is 2.97. The second-order valence-corrected chi connectivity index (χ2v) is 2.97. The molecule has 3 N–H and O–H groups in total. The Kier molecular flexibility index (Phi) is 1.81. The van der Waals surface area contributed by atoms with E-state index in [-0.39, 0.29) is 11.4 Å². The number of hydrogen-bond acceptors (Lipinski definition) is 4. The summed E-state index contributed by atoms with van der Waals surface area (Å²) in [6, 6.07) is 8.41. The summed E-state index contributed by atoms with van der Waals surface area (Å²) in [4.78, 5) is 10.3. The summed E-state index contributed by atoms with van der Waals surface area (Å²) in [6.07, 6.45) is 0. The zero-order valence-corrected chi connectivity index (χ0v) is 7.27. The predicted molar refractivity (Wildman–Crippen MR) is 55.5 cm³/mol. The van der Waals surface area contributed by atoms with Crippen molar-refractivity contribution in [2.75, 3.05) is 5.73 Å². The van der Waals surface area contributed by atoms with Gasteiger partial charge in [-0.2, -0.15) is 0 Å². The van der Waals surface area contributed by atoms with Gasteiger partial charge in [-0.25, -0.2) is 0 Å². The molecule has 0 aliphatic carbocycles. The first-order valence-corrected chi connectivity index (χ1v) is 4.07. The lowest BCUT2D eigenvalue weighted by Crippen LogP contribution is -1.86. The van der Waals surface area contributed by atoms with Crippen molar-refractivity contribution in [1.82, 2.24) is 0 Å². The number of anilines is 1. The Morgan fingerprint density at radius 3 is 2.71 bits per heavy atom. The van der Waals surface area contributed by atoms with Crippen molar-refractivity contribution >= 4 is 22.1 Å². The fraction of sp³-hybridized carbons (Fsp3) is 0. The maximum absolute atomic E-state index is 10.3. The van der Waals surface area contributed by atoms with Crippen LogP contribution in [-0.4, -0.2) is 5.11 Å². The Labute approximate surface area is 79.9 Å². The van der Waals surface area contributed by atoms with E-state index in [2.05, 4.69) is 5.18 Å². The maximum atomic E-state index is 10.3. The average Bonchev–Trinajstić information content (AvgIpc) is 2.18. The zero-order chi connectivity index (χ0) is 10.1. The number of nitrogen functional groups attached to an aromatic ring is 1. The molecule has 0 saturated heterocycles. The van der Waals surface area contributed by atoms with Crippen LogP contribution in [0, 0.1) is 4.91 Å². The summed E-state index contributed by atoms with van der Waals surface area (Å²) in [5, 5.41) is 13.6. The molecular formula is C10H8N2O2. The molecule has 0 spiro atoms. The lowest BCUT2D eigenvalue weighted by atomic mass is 10.1. The van der Waals surface area contributed by atoms with E-state index in [1.165, 1.54) is 6.07 Å². The Morgan fingerprint density at radius 1 is 1.21 bits per heavy atom. The Hall–Kier alpha value is -2.10. The first-order valence-electron chi connectivity index (χ1n) is 4.07. The molecule has 2 aromatic rings. The fourth-order valence-electron chi connectivity index (χ4n) is 1.45. The zero-order valence-electron chi connectivity index (χ0n) is 7.27. The molecule has 14 heavy (non-hydrogen) atoms. The number of phenolic OH excluding ortho intramolecular Hbond substituents is 1. The average molecular weight is 188 g/mol. The van der Waals surface area contributed by atoms with Crippen molar-refractivity contribution in [1.29, 1.82) is 0 Å². The largest absolute Gasteiger partial charge is 0.505 e. The van der Waals surface area contributed by atoms with Gasteiger partial charge in [0.25, 0.3) is 0 Å². The molecule has 0 atom stereocenters. The SMILES string of the molecule is Nc1cccc2ccc(N=O)c(O)c12. The standard InChI is InChI=1S/C10H8N2O2/c11-7-3-1-2-6-4-5-8(12-14)10(13)9(6)7/h1-5,13H,11H2. The number of rotatable bonds is 1. The number of fused-ring (bicyclic) bond motifs is 1. The van der Waals surface area contributed by atoms with E-state index in [1.807, 2.05) is 0 Å². The van der Waals surface area contributed by atoms with Gasteiger partial charge >= 0.3 is 0 Å². The molecule has 0 aliphatic heterocycles. The summed E-state index contributed by atoms with van der Waals surface area (Å²) in [5.74, 6) is -0.157. The van der Waals surface area contributed by atoms with Gasteiger partial charge in [0.1, 0.15) is 5.69 Å². The van der Waals surface area contributed by atoms with Gasteiger partial charge in [-0.1, -0.05) is 18.2 Å². The van der Waals surface area contributed by atoms with E-state index in [1.54, 1.807) is 24.3 Å². The molecule has 0 radical (unpaired) electrons. The number of nitrogens with zero attached hydrogens (tertiary/aromatic N) is 1. The Bertz CT molecular complexity index is 509. The van der Waals surface area contributed by atoms with Gasteiger partial charge in [-0.15, -0.1) is 4.91 Å². The third-order valence-electron chi connectivity index (χ3n) is 2.13. The van der Waals surface area contributed by atoms with Crippen molar-refractivity contribution in [3.05, 3.63) is 35.2 Å². The number of nitroso groups, excluding NO2 is 1. The third-order valence-corrected chi connectivity index (χ3v) is 2.13. The molecule has 0 saturated carbocycles. The van der Waals surface area contributed by atoms with Crippen molar-refractivity contribution in [2.45, 2.75) is 0 Å². The molecule has 0 fully saturated rings. The number of benzene rings is 2. The van der Waals surface area contributed by atoms with Crippen molar-refractivity contribution in [3.8, 4) is 5.75 Å². The van der Waals surface area contributed by atoms with Crippen LogP contribution in [0.3, 0.4) is 0 Å². The maximum Gasteiger partial charge on any atom is 0.154 e. The monoisotopic (exact) mass is 188 g/mol.